The van der Waals surface area contributed by atoms with Gasteiger partial charge in [-0.2, -0.15) is 0 Å². The highest BCUT2D eigenvalue weighted by Crippen LogP contribution is 2.67. The molecule has 2 aliphatic heterocycles. The fourth-order valence-corrected chi connectivity index (χ4v) is 10.6. The van der Waals surface area contributed by atoms with Gasteiger partial charge >= 0.3 is 0 Å². The van der Waals surface area contributed by atoms with Crippen LogP contribution in [0.2, 0.25) is 0 Å². The molecule has 6 fully saturated rings. The zero-order valence-corrected chi connectivity index (χ0v) is 19.5. The number of aliphatic hydroxyl groups excluding tert-OH is 2. The number of fused-ring (bicyclic) bond motifs is 8. The van der Waals surface area contributed by atoms with Crippen LogP contribution in [0.15, 0.2) is 0 Å². The second-order valence-corrected chi connectivity index (χ2v) is 13.1. The molecule has 0 aromatic heterocycles. The second-order valence-electron chi connectivity index (χ2n) is 13.1. The molecule has 0 amide bonds. The molecule has 170 valence electrons. The lowest BCUT2D eigenvalue weighted by molar-refractivity contribution is -0.130. The van der Waals surface area contributed by atoms with Gasteiger partial charge in [-0.15, -0.1) is 0 Å². The average Bonchev–Trinajstić information content (AvgIpc) is 3.09. The molecule has 0 unspecified atom stereocenters. The number of piperidine rings is 2. The van der Waals surface area contributed by atoms with E-state index in [0.717, 1.165) is 79.1 Å². The van der Waals surface area contributed by atoms with Crippen LogP contribution in [-0.4, -0.2) is 46.5 Å². The number of hydrogen-bond donors (Lipinski definition) is 2. The van der Waals surface area contributed by atoms with E-state index in [1.807, 2.05) is 0 Å². The molecule has 2 heterocycles. The van der Waals surface area contributed by atoms with Crippen molar-refractivity contribution in [2.75, 3.05) is 13.1 Å². The van der Waals surface area contributed by atoms with Crippen LogP contribution in [0, 0.1) is 58.7 Å². The summed E-state index contributed by atoms with van der Waals surface area (Å²) in [5.74, 6) is 7.22. The highest BCUT2D eigenvalue weighted by molar-refractivity contribution is 5.12. The Balaban J connectivity index is 1.28. The number of hydrogen-bond acceptors (Lipinski definition) is 3. The fourth-order valence-electron chi connectivity index (χ4n) is 10.6. The summed E-state index contributed by atoms with van der Waals surface area (Å²) in [4.78, 5) is 2.92. The van der Waals surface area contributed by atoms with Crippen molar-refractivity contribution in [3.05, 3.63) is 0 Å². The van der Waals surface area contributed by atoms with E-state index >= 15 is 0 Å². The van der Waals surface area contributed by atoms with Gasteiger partial charge in [-0.05, 0) is 116 Å². The molecule has 3 nitrogen and oxygen atoms in total. The zero-order valence-electron chi connectivity index (χ0n) is 19.5. The maximum absolute atomic E-state index is 11.2. The molecule has 0 bridgehead atoms. The molecule has 30 heavy (non-hydrogen) atoms. The van der Waals surface area contributed by atoms with Crippen LogP contribution in [0.25, 0.3) is 0 Å². The lowest BCUT2D eigenvalue weighted by Gasteiger charge is -2.56. The zero-order chi connectivity index (χ0) is 20.8. The molecular formula is C27H45NO2. The average molecular weight is 416 g/mol. The molecule has 6 aliphatic rings. The Labute approximate surface area is 184 Å². The molecule has 0 spiro atoms. The maximum Gasteiger partial charge on any atom is 0.0577 e. The molecule has 6 rings (SSSR count). The van der Waals surface area contributed by atoms with Crippen molar-refractivity contribution in [3.63, 3.8) is 0 Å². The summed E-state index contributed by atoms with van der Waals surface area (Å²) in [5, 5.41) is 21.5. The Kier molecular flexibility index (Phi) is 4.91. The Morgan fingerprint density at radius 2 is 1.53 bits per heavy atom. The van der Waals surface area contributed by atoms with Crippen molar-refractivity contribution in [2.45, 2.75) is 96.8 Å². The van der Waals surface area contributed by atoms with Gasteiger partial charge in [0.15, 0.2) is 0 Å². The third-order valence-corrected chi connectivity index (χ3v) is 12.0. The van der Waals surface area contributed by atoms with Crippen LogP contribution in [0.5, 0.6) is 0 Å². The third-order valence-electron chi connectivity index (χ3n) is 12.0. The number of rotatable bonds is 0. The van der Waals surface area contributed by atoms with Crippen LogP contribution in [0.1, 0.15) is 78.6 Å². The SMILES string of the molecule is C[C@H]1CC[C@H]2[C@H](C)[C@@H]3CC[C@@H]4[C@@H](C[C@H]5[C@@H]4C[C@@H](O)[C@H]4C[C@@H](O)CC[C@@]45C)[C@@H]3CN2C1. The standard InChI is InChI=1S/C27H45NO2/c1-15-4-7-25-16(2)18-5-6-19-20(22(18)14-28(25)13-15)11-23-21(19)12-26(30)24-10-17(29)8-9-27(23,24)3/h15-26,29-30H,4-14H2,1-3H3/t15-,16+,17-,18-,19+,20+,21+,22+,23-,24+,25-,26+,27+/m0/s1. The minimum atomic E-state index is -0.181. The molecule has 0 radical (unpaired) electrons. The monoisotopic (exact) mass is 415 g/mol. The normalized spacial score (nSPS) is 60.7. The van der Waals surface area contributed by atoms with E-state index in [2.05, 4.69) is 25.7 Å². The number of nitrogens with zero attached hydrogens (tertiary/aromatic N) is 1. The lowest BCUT2D eigenvalue weighted by atomic mass is 9.51. The summed E-state index contributed by atoms with van der Waals surface area (Å²) >= 11 is 0. The second kappa shape index (κ2) is 7.19. The summed E-state index contributed by atoms with van der Waals surface area (Å²) < 4.78 is 0. The predicted octanol–water partition coefficient (Wildman–Crippen LogP) is 4.56. The Morgan fingerprint density at radius 3 is 2.37 bits per heavy atom. The smallest absolute Gasteiger partial charge is 0.0577 e. The van der Waals surface area contributed by atoms with Gasteiger partial charge in [0.1, 0.15) is 0 Å². The molecule has 0 aromatic carbocycles. The van der Waals surface area contributed by atoms with Crippen LogP contribution in [0.3, 0.4) is 0 Å². The van der Waals surface area contributed by atoms with Crippen LogP contribution in [-0.2, 0) is 0 Å². The van der Waals surface area contributed by atoms with Crippen molar-refractivity contribution >= 4 is 0 Å². The quantitative estimate of drug-likeness (QED) is 0.609. The van der Waals surface area contributed by atoms with Gasteiger partial charge in [-0.25, -0.2) is 0 Å². The largest absolute Gasteiger partial charge is 0.393 e. The Morgan fingerprint density at radius 1 is 0.733 bits per heavy atom. The molecule has 4 aliphatic carbocycles. The van der Waals surface area contributed by atoms with Crippen molar-refractivity contribution in [2.24, 2.45) is 58.7 Å². The summed E-state index contributed by atoms with van der Waals surface area (Å²) in [6.07, 6.45) is 10.7. The van der Waals surface area contributed by atoms with E-state index in [4.69, 9.17) is 0 Å². The molecule has 4 saturated carbocycles. The maximum atomic E-state index is 11.2. The van der Waals surface area contributed by atoms with Gasteiger partial charge in [0.05, 0.1) is 12.2 Å². The van der Waals surface area contributed by atoms with Gasteiger partial charge < -0.3 is 10.2 Å². The first-order chi connectivity index (χ1) is 14.4. The molecule has 2 saturated heterocycles. The van der Waals surface area contributed by atoms with E-state index in [1.54, 1.807) is 0 Å². The Hall–Kier alpha value is -0.120. The lowest BCUT2D eigenvalue weighted by Crippen LogP contribution is -2.58. The summed E-state index contributed by atoms with van der Waals surface area (Å²) in [5.41, 5.74) is 0.261. The molecule has 0 aromatic rings. The van der Waals surface area contributed by atoms with Crippen molar-refractivity contribution in [3.8, 4) is 0 Å². The van der Waals surface area contributed by atoms with Crippen LogP contribution >= 0.6 is 0 Å². The summed E-state index contributed by atoms with van der Waals surface area (Å²) in [6.45, 7) is 10.3. The van der Waals surface area contributed by atoms with Crippen LogP contribution in [0.4, 0.5) is 0 Å². The van der Waals surface area contributed by atoms with Crippen molar-refractivity contribution in [1.29, 1.82) is 0 Å². The molecule has 2 N–H and O–H groups in total. The fraction of sp³-hybridized carbons (Fsp3) is 1.00. The van der Waals surface area contributed by atoms with E-state index in [9.17, 15) is 10.2 Å². The van der Waals surface area contributed by atoms with Gasteiger partial charge in [-0.3, -0.25) is 4.90 Å². The first kappa shape index (κ1) is 20.5. The number of aliphatic hydroxyl groups is 2. The van der Waals surface area contributed by atoms with Crippen molar-refractivity contribution < 1.29 is 10.2 Å². The van der Waals surface area contributed by atoms with E-state index in [1.165, 1.54) is 45.2 Å². The highest BCUT2D eigenvalue weighted by atomic mass is 16.3. The van der Waals surface area contributed by atoms with Gasteiger partial charge in [0.25, 0.3) is 0 Å². The first-order valence-electron chi connectivity index (χ1n) is 13.5. The summed E-state index contributed by atoms with van der Waals surface area (Å²) in [6, 6.07) is 0.853. The van der Waals surface area contributed by atoms with Crippen LogP contribution < -0.4 is 0 Å². The first-order valence-corrected chi connectivity index (χ1v) is 13.5. The minimum Gasteiger partial charge on any atom is -0.393 e. The summed E-state index contributed by atoms with van der Waals surface area (Å²) in [7, 11) is 0. The topological polar surface area (TPSA) is 43.7 Å². The molecule has 3 heteroatoms. The van der Waals surface area contributed by atoms with Gasteiger partial charge in [0.2, 0.25) is 0 Å². The predicted molar refractivity (Wildman–Crippen MR) is 120 cm³/mol. The molecular weight excluding hydrogens is 370 g/mol. The molecule has 13 atom stereocenters. The van der Waals surface area contributed by atoms with E-state index < -0.39 is 0 Å². The third kappa shape index (κ3) is 2.86. The minimum absolute atomic E-state index is 0.180. The van der Waals surface area contributed by atoms with E-state index in [0.29, 0.717) is 5.92 Å². The highest BCUT2D eigenvalue weighted by Gasteiger charge is 2.62. The van der Waals surface area contributed by atoms with Crippen molar-refractivity contribution in [1.82, 2.24) is 4.90 Å². The van der Waals surface area contributed by atoms with Gasteiger partial charge in [-0.1, -0.05) is 20.8 Å². The van der Waals surface area contributed by atoms with Gasteiger partial charge in [0, 0.05) is 19.1 Å². The Bertz CT molecular complexity index is 665. The van der Waals surface area contributed by atoms with E-state index in [-0.39, 0.29) is 17.6 Å².